The van der Waals surface area contributed by atoms with Gasteiger partial charge in [0.05, 0.1) is 0 Å². The molecule has 0 saturated heterocycles. The number of nitrogens with zero attached hydrogens (tertiary/aromatic N) is 2. The molecule has 27 heavy (non-hydrogen) atoms. The summed E-state index contributed by atoms with van der Waals surface area (Å²) in [4.78, 5) is 8.21. The number of rotatable bonds is 9. The first-order chi connectivity index (χ1) is 12.7. The van der Waals surface area contributed by atoms with Crippen LogP contribution in [-0.2, 0) is 13.1 Å². The lowest BCUT2D eigenvalue weighted by atomic mass is 10.1. The van der Waals surface area contributed by atoms with Gasteiger partial charge in [0.15, 0.2) is 5.96 Å². The summed E-state index contributed by atoms with van der Waals surface area (Å²) in [5.74, 6) is 1.33. The average Bonchev–Trinajstić information content (AvgIpc) is 3.21. The number of guanidine groups is 1. The maximum absolute atomic E-state index is 4.37. The van der Waals surface area contributed by atoms with Gasteiger partial charge in [-0.05, 0) is 35.7 Å². The van der Waals surface area contributed by atoms with Gasteiger partial charge in [-0.2, -0.15) is 0 Å². The van der Waals surface area contributed by atoms with Crippen LogP contribution in [0.3, 0.4) is 0 Å². The highest BCUT2D eigenvalue weighted by Crippen LogP contribution is 2.19. The molecule has 0 saturated carbocycles. The molecule has 1 atom stereocenters. The van der Waals surface area contributed by atoms with Crippen molar-refractivity contribution in [1.82, 2.24) is 15.5 Å². The lowest BCUT2D eigenvalue weighted by Crippen LogP contribution is -2.38. The van der Waals surface area contributed by atoms with Crippen molar-refractivity contribution in [1.29, 1.82) is 0 Å². The number of aliphatic imine (C=N–C) groups is 1. The minimum atomic E-state index is 0. The highest BCUT2D eigenvalue weighted by atomic mass is 127. The molecular formula is C21H33IN4S. The predicted molar refractivity (Wildman–Crippen MR) is 129 cm³/mol. The Kier molecular flexibility index (Phi) is 11.6. The summed E-state index contributed by atoms with van der Waals surface area (Å²) in [6.07, 6.45) is 0. The number of thiophene rings is 1. The van der Waals surface area contributed by atoms with E-state index >= 15 is 0 Å². The number of nitrogens with one attached hydrogen (secondary N) is 2. The predicted octanol–water partition coefficient (Wildman–Crippen LogP) is 4.68. The molecule has 2 aromatic rings. The minimum Gasteiger partial charge on any atom is -0.356 e. The van der Waals surface area contributed by atoms with Gasteiger partial charge in [-0.3, -0.25) is 9.89 Å². The molecule has 0 amide bonds. The van der Waals surface area contributed by atoms with Crippen molar-refractivity contribution >= 4 is 41.3 Å². The van der Waals surface area contributed by atoms with Crippen LogP contribution < -0.4 is 10.6 Å². The zero-order chi connectivity index (χ0) is 18.8. The Morgan fingerprint density at radius 1 is 1.07 bits per heavy atom. The quantitative estimate of drug-likeness (QED) is 0.299. The van der Waals surface area contributed by atoms with Crippen molar-refractivity contribution in [3.8, 4) is 0 Å². The van der Waals surface area contributed by atoms with Crippen molar-refractivity contribution in [2.45, 2.75) is 39.8 Å². The minimum absolute atomic E-state index is 0. The smallest absolute Gasteiger partial charge is 0.191 e. The SMILES string of the molecule is CCN(CC)Cc1ccccc1CNC(=NC)NCC(C)c1cccs1.I. The average molecular weight is 500 g/mol. The van der Waals surface area contributed by atoms with Gasteiger partial charge in [0.1, 0.15) is 0 Å². The maximum atomic E-state index is 4.37. The Morgan fingerprint density at radius 3 is 2.37 bits per heavy atom. The summed E-state index contributed by atoms with van der Waals surface area (Å²) in [6, 6.07) is 13.0. The Bertz CT molecular complexity index is 669. The topological polar surface area (TPSA) is 39.7 Å². The molecule has 0 radical (unpaired) electrons. The van der Waals surface area contributed by atoms with Gasteiger partial charge in [-0.25, -0.2) is 0 Å². The second kappa shape index (κ2) is 13.1. The van der Waals surface area contributed by atoms with Gasteiger partial charge in [0.25, 0.3) is 0 Å². The van der Waals surface area contributed by atoms with Gasteiger partial charge < -0.3 is 10.6 Å². The zero-order valence-corrected chi connectivity index (χ0v) is 20.0. The van der Waals surface area contributed by atoms with E-state index in [1.807, 2.05) is 18.4 Å². The van der Waals surface area contributed by atoms with Crippen molar-refractivity contribution in [2.24, 2.45) is 4.99 Å². The Labute approximate surface area is 185 Å². The second-order valence-corrected chi connectivity index (χ2v) is 7.43. The molecule has 0 bridgehead atoms. The molecule has 4 nitrogen and oxygen atoms in total. The van der Waals surface area contributed by atoms with E-state index in [9.17, 15) is 0 Å². The normalized spacial score (nSPS) is 12.6. The summed E-state index contributed by atoms with van der Waals surface area (Å²) >= 11 is 1.81. The van der Waals surface area contributed by atoms with Gasteiger partial charge >= 0.3 is 0 Å². The van der Waals surface area contributed by atoms with Crippen LogP contribution in [0.15, 0.2) is 46.8 Å². The lowest BCUT2D eigenvalue weighted by molar-refractivity contribution is 0.295. The van der Waals surface area contributed by atoms with Crippen LogP contribution in [0.2, 0.25) is 0 Å². The lowest BCUT2D eigenvalue weighted by Gasteiger charge is -2.21. The van der Waals surface area contributed by atoms with Crippen LogP contribution in [0.5, 0.6) is 0 Å². The summed E-state index contributed by atoms with van der Waals surface area (Å²) in [5.41, 5.74) is 2.71. The molecule has 0 aliphatic heterocycles. The third-order valence-corrected chi connectivity index (χ3v) is 5.79. The molecule has 0 aliphatic carbocycles. The third-order valence-electron chi connectivity index (χ3n) is 4.68. The molecule has 0 aliphatic rings. The molecular weight excluding hydrogens is 467 g/mol. The van der Waals surface area contributed by atoms with Crippen molar-refractivity contribution in [2.75, 3.05) is 26.7 Å². The molecule has 150 valence electrons. The molecule has 0 fully saturated rings. The van der Waals surface area contributed by atoms with Crippen molar-refractivity contribution in [3.63, 3.8) is 0 Å². The molecule has 2 rings (SSSR count). The number of halogens is 1. The van der Waals surface area contributed by atoms with Gasteiger partial charge in [-0.15, -0.1) is 35.3 Å². The van der Waals surface area contributed by atoms with Crippen LogP contribution in [0.4, 0.5) is 0 Å². The first kappa shape index (κ1) is 23.9. The fraction of sp³-hybridized carbons (Fsp3) is 0.476. The van der Waals surface area contributed by atoms with Crippen LogP contribution in [-0.4, -0.2) is 37.5 Å². The molecule has 1 unspecified atom stereocenters. The largest absolute Gasteiger partial charge is 0.356 e. The first-order valence-corrected chi connectivity index (χ1v) is 10.3. The number of hydrogen-bond acceptors (Lipinski definition) is 3. The van der Waals surface area contributed by atoms with E-state index in [2.05, 4.69) is 83.1 Å². The van der Waals surface area contributed by atoms with E-state index in [1.165, 1.54) is 16.0 Å². The number of hydrogen-bond donors (Lipinski definition) is 2. The summed E-state index contributed by atoms with van der Waals surface area (Å²) < 4.78 is 0. The third kappa shape index (κ3) is 7.79. The summed E-state index contributed by atoms with van der Waals surface area (Å²) in [5, 5.41) is 9.04. The monoisotopic (exact) mass is 500 g/mol. The number of benzene rings is 1. The van der Waals surface area contributed by atoms with Crippen molar-refractivity contribution < 1.29 is 0 Å². The Hall–Kier alpha value is -1.12. The van der Waals surface area contributed by atoms with Gasteiger partial charge in [0, 0.05) is 37.5 Å². The van der Waals surface area contributed by atoms with E-state index in [0.717, 1.165) is 38.7 Å². The van der Waals surface area contributed by atoms with Gasteiger partial charge in [0.2, 0.25) is 0 Å². The Morgan fingerprint density at radius 2 is 1.78 bits per heavy atom. The van der Waals surface area contributed by atoms with Crippen LogP contribution in [0, 0.1) is 0 Å². The fourth-order valence-electron chi connectivity index (χ4n) is 2.89. The summed E-state index contributed by atoms with van der Waals surface area (Å²) in [7, 11) is 1.83. The molecule has 6 heteroatoms. The summed E-state index contributed by atoms with van der Waals surface area (Å²) in [6.45, 7) is 11.5. The highest BCUT2D eigenvalue weighted by molar-refractivity contribution is 14.0. The van der Waals surface area contributed by atoms with E-state index in [-0.39, 0.29) is 24.0 Å². The van der Waals surface area contributed by atoms with Crippen LogP contribution in [0.1, 0.15) is 42.7 Å². The van der Waals surface area contributed by atoms with E-state index in [0.29, 0.717) is 5.92 Å². The fourth-order valence-corrected chi connectivity index (χ4v) is 3.68. The Balaban J connectivity index is 0.00000364. The van der Waals surface area contributed by atoms with Crippen molar-refractivity contribution in [3.05, 3.63) is 57.8 Å². The highest BCUT2D eigenvalue weighted by Gasteiger charge is 2.09. The van der Waals surface area contributed by atoms with Gasteiger partial charge in [-0.1, -0.05) is 51.1 Å². The van der Waals surface area contributed by atoms with Crippen LogP contribution >= 0.6 is 35.3 Å². The second-order valence-electron chi connectivity index (χ2n) is 6.45. The van der Waals surface area contributed by atoms with E-state index < -0.39 is 0 Å². The molecule has 2 N–H and O–H groups in total. The first-order valence-electron chi connectivity index (χ1n) is 9.44. The van der Waals surface area contributed by atoms with E-state index in [1.54, 1.807) is 0 Å². The molecule has 1 heterocycles. The molecule has 1 aromatic heterocycles. The standard InChI is InChI=1S/C21H32N4S.HI/c1-5-25(6-2)16-19-11-8-7-10-18(19)15-24-21(22-4)23-14-17(3)20-12-9-13-26-20;/h7-13,17H,5-6,14-16H2,1-4H3,(H2,22,23,24);1H. The van der Waals surface area contributed by atoms with Crippen LogP contribution in [0.25, 0.3) is 0 Å². The maximum Gasteiger partial charge on any atom is 0.191 e. The zero-order valence-electron chi connectivity index (χ0n) is 16.9. The molecule has 1 aromatic carbocycles. The molecule has 0 spiro atoms. The van der Waals surface area contributed by atoms with E-state index in [4.69, 9.17) is 0 Å².